The Labute approximate surface area is 200 Å². The Kier molecular flexibility index (Phi) is 6.40. The van der Waals surface area contributed by atoms with Gasteiger partial charge in [0.25, 0.3) is 5.91 Å². The van der Waals surface area contributed by atoms with Crippen LogP contribution in [0.15, 0.2) is 49.1 Å². The summed E-state index contributed by atoms with van der Waals surface area (Å²) in [5.74, 6) is 0.0234. The van der Waals surface area contributed by atoms with Crippen molar-refractivity contribution in [2.75, 3.05) is 11.9 Å². The van der Waals surface area contributed by atoms with E-state index >= 15 is 0 Å². The zero-order valence-corrected chi connectivity index (χ0v) is 19.3. The molecule has 35 heavy (non-hydrogen) atoms. The maximum Gasteiger partial charge on any atom is 0.255 e. The Balaban J connectivity index is 1.71. The van der Waals surface area contributed by atoms with Crippen LogP contribution in [0.1, 0.15) is 35.6 Å². The van der Waals surface area contributed by atoms with Gasteiger partial charge in [-0.25, -0.2) is 18.9 Å². The van der Waals surface area contributed by atoms with E-state index in [1.54, 1.807) is 42.0 Å². The first-order valence-electron chi connectivity index (χ1n) is 10.7. The number of alkyl halides is 1. The van der Waals surface area contributed by atoms with Crippen molar-refractivity contribution in [1.29, 1.82) is 5.26 Å². The molecule has 0 aromatic carbocycles. The summed E-state index contributed by atoms with van der Waals surface area (Å²) in [5.41, 5.74) is 1.80. The molecule has 11 heteroatoms. The fourth-order valence-corrected chi connectivity index (χ4v) is 3.27. The van der Waals surface area contributed by atoms with Gasteiger partial charge in [0.1, 0.15) is 18.1 Å². The quantitative estimate of drug-likeness (QED) is 0.371. The van der Waals surface area contributed by atoms with Gasteiger partial charge in [0.05, 0.1) is 70.1 Å². The summed E-state index contributed by atoms with van der Waals surface area (Å²) in [6.45, 7) is 4.05. The highest BCUT2D eigenvalue weighted by Crippen LogP contribution is 2.27. The van der Waals surface area contributed by atoms with Gasteiger partial charge in [-0.05, 0) is 45.0 Å². The molecule has 1 atom stereocenters. The molecule has 0 bridgehead atoms. The van der Waals surface area contributed by atoms with E-state index in [1.807, 2.05) is 6.07 Å². The van der Waals surface area contributed by atoms with Crippen molar-refractivity contribution >= 4 is 22.8 Å². The fraction of sp³-hybridized carbons (Fsp3) is 0.250. The summed E-state index contributed by atoms with van der Waals surface area (Å²) < 4.78 is 15.8. The van der Waals surface area contributed by atoms with Gasteiger partial charge < -0.3 is 15.7 Å². The highest BCUT2D eigenvalue weighted by Gasteiger charge is 2.27. The summed E-state index contributed by atoms with van der Waals surface area (Å²) in [6.07, 6.45) is 4.33. The number of nitrogens with one attached hydrogen (secondary N) is 2. The molecule has 4 aromatic heterocycles. The fourth-order valence-electron chi connectivity index (χ4n) is 3.27. The third-order valence-electron chi connectivity index (χ3n) is 5.31. The van der Waals surface area contributed by atoms with Crippen LogP contribution < -0.4 is 10.6 Å². The average molecular weight is 475 g/mol. The van der Waals surface area contributed by atoms with Crippen molar-refractivity contribution in [2.45, 2.75) is 32.5 Å². The van der Waals surface area contributed by atoms with Crippen LogP contribution in [0.5, 0.6) is 0 Å². The van der Waals surface area contributed by atoms with Gasteiger partial charge in [0.2, 0.25) is 0 Å². The van der Waals surface area contributed by atoms with Crippen LogP contribution in [0.25, 0.3) is 16.9 Å². The molecular formula is C24H23FN8O2. The van der Waals surface area contributed by atoms with Crippen LogP contribution in [-0.4, -0.2) is 53.9 Å². The molecule has 1 amide bonds. The predicted molar refractivity (Wildman–Crippen MR) is 127 cm³/mol. The Hall–Kier alpha value is -4.43. The monoisotopic (exact) mass is 474 g/mol. The van der Waals surface area contributed by atoms with Gasteiger partial charge >= 0.3 is 0 Å². The molecule has 0 saturated heterocycles. The number of amides is 1. The van der Waals surface area contributed by atoms with E-state index in [1.165, 1.54) is 26.2 Å². The van der Waals surface area contributed by atoms with Crippen molar-refractivity contribution in [2.24, 2.45) is 0 Å². The number of pyridine rings is 1. The Morgan fingerprint density at radius 3 is 2.63 bits per heavy atom. The first-order chi connectivity index (χ1) is 16.7. The van der Waals surface area contributed by atoms with E-state index in [2.05, 4.69) is 36.8 Å². The number of fused-ring (bicyclic) bond motifs is 1. The molecule has 178 valence electrons. The second kappa shape index (κ2) is 9.44. The van der Waals surface area contributed by atoms with Crippen molar-refractivity contribution in [3.05, 3.63) is 66.0 Å². The molecule has 0 aliphatic rings. The number of aromatic nitrogens is 5. The predicted octanol–water partition coefficient (Wildman–Crippen LogP) is 2.95. The molecule has 0 saturated carbocycles. The first-order valence-corrected chi connectivity index (χ1v) is 10.7. The van der Waals surface area contributed by atoms with Crippen LogP contribution in [-0.2, 0) is 0 Å². The van der Waals surface area contributed by atoms with Crippen molar-refractivity contribution < 1.29 is 14.3 Å². The number of hydrogen-bond acceptors (Lipinski definition) is 8. The second-order valence-electron chi connectivity index (χ2n) is 8.50. The topological polar surface area (TPSA) is 141 Å². The molecule has 0 aliphatic carbocycles. The lowest BCUT2D eigenvalue weighted by Gasteiger charge is -2.22. The molecule has 4 rings (SSSR count). The highest BCUT2D eigenvalue weighted by atomic mass is 19.1. The molecule has 4 heterocycles. The van der Waals surface area contributed by atoms with Gasteiger partial charge in [0, 0.05) is 6.20 Å². The first kappa shape index (κ1) is 23.7. The van der Waals surface area contributed by atoms with Gasteiger partial charge in [0.15, 0.2) is 0 Å². The second-order valence-corrected chi connectivity index (χ2v) is 8.50. The molecule has 10 nitrogen and oxygen atoms in total. The number of carbonyl (C=O) groups excluding carboxylic acids is 1. The number of aliphatic hydroxyl groups is 1. The van der Waals surface area contributed by atoms with Crippen LogP contribution in [0.4, 0.5) is 15.8 Å². The molecule has 3 N–H and O–H groups in total. The number of halogens is 1. The summed E-state index contributed by atoms with van der Waals surface area (Å²) in [7, 11) is 0. The van der Waals surface area contributed by atoms with E-state index in [-0.39, 0.29) is 12.1 Å². The molecular weight excluding hydrogens is 451 g/mol. The normalized spacial score (nSPS) is 12.2. The van der Waals surface area contributed by atoms with Gasteiger partial charge in [-0.2, -0.15) is 10.4 Å². The van der Waals surface area contributed by atoms with E-state index < -0.39 is 17.7 Å². The Bertz CT molecular complexity index is 1420. The van der Waals surface area contributed by atoms with Crippen LogP contribution in [0.3, 0.4) is 0 Å². The zero-order valence-electron chi connectivity index (χ0n) is 19.3. The lowest BCUT2D eigenvalue weighted by Crippen LogP contribution is -2.42. The largest absolute Gasteiger partial charge is 0.387 e. The lowest BCUT2D eigenvalue weighted by molar-refractivity contribution is -0.00177. The molecule has 1 unspecified atom stereocenters. The van der Waals surface area contributed by atoms with E-state index in [4.69, 9.17) is 5.26 Å². The van der Waals surface area contributed by atoms with E-state index in [9.17, 15) is 14.3 Å². The van der Waals surface area contributed by atoms with Crippen LogP contribution in [0, 0.1) is 18.3 Å². The van der Waals surface area contributed by atoms with Crippen molar-refractivity contribution in [3.63, 3.8) is 0 Å². The molecule has 0 aliphatic heterocycles. The zero-order chi connectivity index (χ0) is 25.2. The average Bonchev–Trinajstić information content (AvgIpc) is 3.26. The van der Waals surface area contributed by atoms with Gasteiger partial charge in [-0.1, -0.05) is 0 Å². The summed E-state index contributed by atoms with van der Waals surface area (Å²) in [4.78, 5) is 25.6. The molecule has 0 spiro atoms. The van der Waals surface area contributed by atoms with Crippen LogP contribution >= 0.6 is 0 Å². The number of nitriles is 1. The maximum atomic E-state index is 14.2. The number of hydrogen-bond donors (Lipinski definition) is 3. The number of rotatable bonds is 7. The van der Waals surface area contributed by atoms with E-state index in [0.717, 1.165) is 0 Å². The number of aryl methyl sites for hydroxylation is 1. The summed E-state index contributed by atoms with van der Waals surface area (Å²) in [6, 6.07) is 9.05. The highest BCUT2D eigenvalue weighted by molar-refractivity contribution is 6.00. The number of nitrogens with zero attached hydrogens (tertiary/aromatic N) is 6. The Morgan fingerprint density at radius 1 is 1.20 bits per heavy atom. The van der Waals surface area contributed by atoms with Gasteiger partial charge in [-0.3, -0.25) is 9.78 Å². The van der Waals surface area contributed by atoms with E-state index in [0.29, 0.717) is 39.7 Å². The standard InChI is InChI=1S/C24H23FN8O2/c1-14-27-10-16(11-28-14)32-19-7-20(21-5-4-17-6-15(8-26)9-31-33(17)21)29-12-18(19)23(34)30-13-22(25)24(2,3)35/h4-7,9-12,22,35H,13H2,1-3H3,(H,29,32)(H,30,34). The minimum Gasteiger partial charge on any atom is -0.387 e. The number of carbonyl (C=O) groups is 1. The molecule has 4 aromatic rings. The lowest BCUT2D eigenvalue weighted by atomic mass is 10.0. The minimum absolute atomic E-state index is 0.165. The Morgan fingerprint density at radius 2 is 1.94 bits per heavy atom. The SMILES string of the molecule is Cc1ncc(Nc2cc(-c3ccc4cc(C#N)cnn34)ncc2C(=O)NCC(F)C(C)(C)O)cn1. The third kappa shape index (κ3) is 5.23. The smallest absolute Gasteiger partial charge is 0.255 e. The number of anilines is 2. The minimum atomic E-state index is -1.66. The summed E-state index contributed by atoms with van der Waals surface area (Å²) in [5, 5.41) is 28.9. The maximum absolute atomic E-state index is 14.2. The molecule has 0 radical (unpaired) electrons. The van der Waals surface area contributed by atoms with Crippen molar-refractivity contribution in [1.82, 2.24) is 29.9 Å². The third-order valence-corrected chi connectivity index (χ3v) is 5.31. The van der Waals surface area contributed by atoms with Crippen LogP contribution in [0.2, 0.25) is 0 Å². The summed E-state index contributed by atoms with van der Waals surface area (Å²) >= 11 is 0. The van der Waals surface area contributed by atoms with Crippen molar-refractivity contribution in [3.8, 4) is 17.5 Å². The van der Waals surface area contributed by atoms with Gasteiger partial charge in [-0.15, -0.1) is 0 Å². The molecule has 0 fully saturated rings.